The van der Waals surface area contributed by atoms with E-state index in [4.69, 9.17) is 0 Å². The van der Waals surface area contributed by atoms with E-state index >= 15 is 0 Å². The first-order chi connectivity index (χ1) is 8.16. The largest absolute Gasteiger partial charge is 0.380 e. The zero-order chi connectivity index (χ0) is 12.3. The van der Waals surface area contributed by atoms with Gasteiger partial charge in [-0.25, -0.2) is 4.39 Å². The average Bonchev–Trinajstić information content (AvgIpc) is 2.30. The Labute approximate surface area is 122 Å². The summed E-state index contributed by atoms with van der Waals surface area (Å²) >= 11 is 5.62. The molecule has 4 heteroatoms. The van der Waals surface area contributed by atoms with Crippen molar-refractivity contribution in [2.45, 2.75) is 6.54 Å². The van der Waals surface area contributed by atoms with Crippen LogP contribution >= 0.6 is 38.5 Å². The van der Waals surface area contributed by atoms with Crippen molar-refractivity contribution in [3.05, 3.63) is 61.9 Å². The van der Waals surface area contributed by atoms with Crippen LogP contribution in [0.5, 0.6) is 0 Å². The molecule has 0 fully saturated rings. The van der Waals surface area contributed by atoms with Gasteiger partial charge in [-0.1, -0.05) is 34.1 Å². The molecule has 17 heavy (non-hydrogen) atoms. The molecule has 0 bridgehead atoms. The maximum Gasteiger partial charge on any atom is 0.124 e. The smallest absolute Gasteiger partial charge is 0.124 e. The number of nitrogens with one attached hydrogen (secondary N) is 1. The third kappa shape index (κ3) is 3.42. The Morgan fingerprint density at radius 2 is 1.94 bits per heavy atom. The van der Waals surface area contributed by atoms with Crippen LogP contribution in [0.4, 0.5) is 10.1 Å². The second-order valence-corrected chi connectivity index (χ2v) is 5.59. The number of halogens is 3. The second-order valence-electron chi connectivity index (χ2n) is 3.57. The Morgan fingerprint density at radius 1 is 1.18 bits per heavy atom. The molecule has 1 nitrogen and oxygen atoms in total. The van der Waals surface area contributed by atoms with Crippen LogP contribution in [-0.2, 0) is 6.54 Å². The quantitative estimate of drug-likeness (QED) is 0.723. The third-order valence-corrected chi connectivity index (χ3v) is 4.02. The lowest BCUT2D eigenvalue weighted by Crippen LogP contribution is -2.01. The van der Waals surface area contributed by atoms with E-state index in [1.807, 2.05) is 24.3 Å². The fraction of sp³-hybridized carbons (Fsp3) is 0.0769. The monoisotopic (exact) mass is 405 g/mol. The summed E-state index contributed by atoms with van der Waals surface area (Å²) in [6, 6.07) is 12.8. The van der Waals surface area contributed by atoms with Gasteiger partial charge in [0.25, 0.3) is 0 Å². The molecule has 0 aliphatic rings. The summed E-state index contributed by atoms with van der Waals surface area (Å²) in [7, 11) is 0. The molecule has 2 aromatic carbocycles. The summed E-state index contributed by atoms with van der Waals surface area (Å²) < 4.78 is 14.9. The SMILES string of the molecule is Fc1ccc(NCc2ccccc2Br)c(I)c1. The Morgan fingerprint density at radius 3 is 2.65 bits per heavy atom. The van der Waals surface area contributed by atoms with Crippen LogP contribution in [0.1, 0.15) is 5.56 Å². The first-order valence-corrected chi connectivity index (χ1v) is 6.96. The van der Waals surface area contributed by atoms with Crippen molar-refractivity contribution in [1.82, 2.24) is 0 Å². The fourth-order valence-electron chi connectivity index (χ4n) is 1.47. The Balaban J connectivity index is 2.10. The maximum atomic E-state index is 12.9. The zero-order valence-electron chi connectivity index (χ0n) is 8.88. The lowest BCUT2D eigenvalue weighted by atomic mass is 10.2. The minimum Gasteiger partial charge on any atom is -0.380 e. The molecule has 0 aromatic heterocycles. The molecule has 0 heterocycles. The Hall–Kier alpha value is -0.620. The van der Waals surface area contributed by atoms with E-state index in [2.05, 4.69) is 43.8 Å². The van der Waals surface area contributed by atoms with Crippen LogP contribution in [0.2, 0.25) is 0 Å². The summed E-state index contributed by atoms with van der Waals surface area (Å²) in [6.45, 7) is 0.711. The molecule has 0 atom stereocenters. The molecule has 0 unspecified atom stereocenters. The normalized spacial score (nSPS) is 10.3. The van der Waals surface area contributed by atoms with Crippen molar-refractivity contribution in [3.63, 3.8) is 0 Å². The summed E-state index contributed by atoms with van der Waals surface area (Å²) in [5, 5.41) is 3.29. The van der Waals surface area contributed by atoms with E-state index in [0.717, 1.165) is 13.7 Å². The van der Waals surface area contributed by atoms with Gasteiger partial charge in [-0.2, -0.15) is 0 Å². The molecule has 0 aliphatic carbocycles. The topological polar surface area (TPSA) is 12.0 Å². The van der Waals surface area contributed by atoms with Crippen molar-refractivity contribution in [3.8, 4) is 0 Å². The van der Waals surface area contributed by atoms with Crippen molar-refractivity contribution in [2.24, 2.45) is 0 Å². The predicted molar refractivity (Wildman–Crippen MR) is 80.6 cm³/mol. The molecule has 1 N–H and O–H groups in total. The lowest BCUT2D eigenvalue weighted by Gasteiger charge is -2.09. The van der Waals surface area contributed by atoms with Crippen LogP contribution in [0.15, 0.2) is 46.9 Å². The number of rotatable bonds is 3. The van der Waals surface area contributed by atoms with Gasteiger partial charge < -0.3 is 5.32 Å². The van der Waals surface area contributed by atoms with Crippen LogP contribution in [0.3, 0.4) is 0 Å². The van der Waals surface area contributed by atoms with Gasteiger partial charge in [0.2, 0.25) is 0 Å². The van der Waals surface area contributed by atoms with E-state index in [0.29, 0.717) is 6.54 Å². The Bertz CT molecular complexity index is 531. The highest BCUT2D eigenvalue weighted by molar-refractivity contribution is 14.1. The minimum atomic E-state index is -0.208. The highest BCUT2D eigenvalue weighted by atomic mass is 127. The fourth-order valence-corrected chi connectivity index (χ4v) is 2.56. The molecule has 2 aromatic rings. The first kappa shape index (κ1) is 12.8. The summed E-state index contributed by atoms with van der Waals surface area (Å²) in [4.78, 5) is 0. The molecular formula is C13H10BrFIN. The van der Waals surface area contributed by atoms with Crippen LogP contribution < -0.4 is 5.32 Å². The number of hydrogen-bond acceptors (Lipinski definition) is 1. The van der Waals surface area contributed by atoms with Crippen molar-refractivity contribution in [2.75, 3.05) is 5.32 Å². The summed E-state index contributed by atoms with van der Waals surface area (Å²) in [5.41, 5.74) is 2.12. The molecule has 0 radical (unpaired) electrons. The number of anilines is 1. The van der Waals surface area contributed by atoms with Crippen LogP contribution in [0, 0.1) is 9.39 Å². The van der Waals surface area contributed by atoms with Crippen molar-refractivity contribution in [1.29, 1.82) is 0 Å². The van der Waals surface area contributed by atoms with E-state index in [1.165, 1.54) is 17.7 Å². The lowest BCUT2D eigenvalue weighted by molar-refractivity contribution is 0.627. The average molecular weight is 406 g/mol. The van der Waals surface area contributed by atoms with Gasteiger partial charge >= 0.3 is 0 Å². The van der Waals surface area contributed by atoms with E-state index in [9.17, 15) is 4.39 Å². The molecule has 88 valence electrons. The van der Waals surface area contributed by atoms with E-state index in [1.54, 1.807) is 6.07 Å². The van der Waals surface area contributed by atoms with Gasteiger partial charge in [-0.3, -0.25) is 0 Å². The van der Waals surface area contributed by atoms with Crippen LogP contribution in [0.25, 0.3) is 0 Å². The minimum absolute atomic E-state index is 0.208. The number of benzene rings is 2. The van der Waals surface area contributed by atoms with Gasteiger partial charge in [-0.05, 0) is 52.4 Å². The van der Waals surface area contributed by atoms with Gasteiger partial charge in [0.15, 0.2) is 0 Å². The molecule has 0 spiro atoms. The van der Waals surface area contributed by atoms with E-state index in [-0.39, 0.29) is 5.82 Å². The predicted octanol–water partition coefficient (Wildman–Crippen LogP) is 4.80. The molecule has 2 rings (SSSR count). The maximum absolute atomic E-state index is 12.9. The number of hydrogen-bond donors (Lipinski definition) is 1. The molecular weight excluding hydrogens is 396 g/mol. The van der Waals surface area contributed by atoms with E-state index < -0.39 is 0 Å². The standard InChI is InChI=1S/C13H10BrFIN/c14-11-4-2-1-3-9(11)8-17-13-6-5-10(15)7-12(13)16/h1-7,17H,8H2. The van der Waals surface area contributed by atoms with Crippen molar-refractivity contribution >= 4 is 44.2 Å². The highest BCUT2D eigenvalue weighted by Crippen LogP contribution is 2.21. The third-order valence-electron chi connectivity index (χ3n) is 2.36. The zero-order valence-corrected chi connectivity index (χ0v) is 12.6. The summed E-state index contributed by atoms with van der Waals surface area (Å²) in [5.74, 6) is -0.208. The van der Waals surface area contributed by atoms with Gasteiger partial charge in [0.1, 0.15) is 5.82 Å². The molecule has 0 saturated carbocycles. The van der Waals surface area contributed by atoms with Crippen molar-refractivity contribution < 1.29 is 4.39 Å². The van der Waals surface area contributed by atoms with Gasteiger partial charge in [-0.15, -0.1) is 0 Å². The molecule has 0 aliphatic heterocycles. The Kier molecular flexibility index (Phi) is 4.39. The molecule has 0 saturated heterocycles. The van der Waals surface area contributed by atoms with Crippen LogP contribution in [-0.4, -0.2) is 0 Å². The molecule has 0 amide bonds. The highest BCUT2D eigenvalue weighted by Gasteiger charge is 2.02. The first-order valence-electron chi connectivity index (χ1n) is 5.09. The summed E-state index contributed by atoms with van der Waals surface area (Å²) in [6.07, 6.45) is 0. The van der Waals surface area contributed by atoms with Gasteiger partial charge in [0.05, 0.1) is 0 Å². The second kappa shape index (κ2) is 5.82. The van der Waals surface area contributed by atoms with Gasteiger partial charge in [0, 0.05) is 20.3 Å².